The fraction of sp³-hybridized carbons (Fsp3) is 0.667. The normalized spacial score (nSPS) is 24.5. The van der Waals surface area contributed by atoms with Gasteiger partial charge >= 0.3 is 0 Å². The number of para-hydroxylation sites is 1. The molecule has 0 unspecified atom stereocenters. The van der Waals surface area contributed by atoms with E-state index >= 15 is 0 Å². The minimum absolute atomic E-state index is 0.302. The largest absolute Gasteiger partial charge is 0.371 e. The highest BCUT2D eigenvalue weighted by atomic mass is 16.2. The monoisotopic (exact) mass is 343 g/mol. The molecule has 1 aromatic rings. The van der Waals surface area contributed by atoms with Gasteiger partial charge in [0, 0.05) is 51.9 Å². The van der Waals surface area contributed by atoms with Crippen LogP contribution in [0.5, 0.6) is 0 Å². The van der Waals surface area contributed by atoms with Crippen molar-refractivity contribution in [3.05, 3.63) is 30.3 Å². The number of carbonyl (C=O) groups excluding carboxylic acids is 1. The average Bonchev–Trinajstić information content (AvgIpc) is 3.09. The summed E-state index contributed by atoms with van der Waals surface area (Å²) in [6, 6.07) is 10.6. The third-order valence-corrected chi connectivity index (χ3v) is 5.75. The lowest BCUT2D eigenvalue weighted by molar-refractivity contribution is -0.130. The molecule has 0 aromatic heterocycles. The quantitative estimate of drug-likeness (QED) is 0.794. The van der Waals surface area contributed by atoms with Crippen LogP contribution in [0.2, 0.25) is 0 Å². The van der Waals surface area contributed by atoms with Crippen molar-refractivity contribution in [2.24, 2.45) is 11.8 Å². The van der Waals surface area contributed by atoms with Gasteiger partial charge in [-0.05, 0) is 49.8 Å². The van der Waals surface area contributed by atoms with Crippen LogP contribution in [0.3, 0.4) is 0 Å². The Labute approximate surface area is 152 Å². The molecule has 2 aliphatic rings. The van der Waals surface area contributed by atoms with Gasteiger partial charge in [0.2, 0.25) is 5.91 Å². The van der Waals surface area contributed by atoms with Crippen molar-refractivity contribution < 1.29 is 4.79 Å². The van der Waals surface area contributed by atoms with Gasteiger partial charge in [0.15, 0.2) is 0 Å². The number of hydrogen-bond donors (Lipinski definition) is 0. The van der Waals surface area contributed by atoms with Gasteiger partial charge in [-0.1, -0.05) is 25.1 Å². The summed E-state index contributed by atoms with van der Waals surface area (Å²) in [5.74, 6) is 1.67. The smallest absolute Gasteiger partial charge is 0.223 e. The zero-order valence-corrected chi connectivity index (χ0v) is 15.9. The number of piperidine rings is 1. The zero-order valence-electron chi connectivity index (χ0n) is 15.9. The molecule has 2 saturated heterocycles. The number of hydrogen-bond acceptors (Lipinski definition) is 3. The molecule has 2 atom stereocenters. The number of carbonyl (C=O) groups is 1. The van der Waals surface area contributed by atoms with Crippen LogP contribution in [-0.4, -0.2) is 62.0 Å². The summed E-state index contributed by atoms with van der Waals surface area (Å²) >= 11 is 0. The van der Waals surface area contributed by atoms with Gasteiger partial charge in [0.05, 0.1) is 0 Å². The van der Waals surface area contributed by atoms with Crippen LogP contribution >= 0.6 is 0 Å². The Hall–Kier alpha value is -1.55. The molecule has 2 aliphatic heterocycles. The van der Waals surface area contributed by atoms with Gasteiger partial charge in [0.25, 0.3) is 0 Å². The predicted molar refractivity (Wildman–Crippen MR) is 104 cm³/mol. The van der Waals surface area contributed by atoms with Crippen LogP contribution in [-0.2, 0) is 4.79 Å². The van der Waals surface area contributed by atoms with E-state index in [9.17, 15) is 4.79 Å². The molecule has 138 valence electrons. The van der Waals surface area contributed by atoms with Crippen molar-refractivity contribution in [2.75, 3.05) is 51.2 Å². The maximum atomic E-state index is 12.5. The number of likely N-dealkylation sites (tertiary alicyclic amines) is 1. The summed E-state index contributed by atoms with van der Waals surface area (Å²) < 4.78 is 0. The summed E-state index contributed by atoms with van der Waals surface area (Å²) in [6.07, 6.45) is 4.46. The first-order chi connectivity index (χ1) is 12.1. The second-order valence-corrected chi connectivity index (χ2v) is 8.01. The summed E-state index contributed by atoms with van der Waals surface area (Å²) in [5, 5.41) is 0. The molecule has 0 bridgehead atoms. The lowest BCUT2D eigenvalue weighted by atomic mass is 10.0. The highest BCUT2D eigenvalue weighted by Crippen LogP contribution is 2.24. The fourth-order valence-electron chi connectivity index (χ4n) is 4.28. The van der Waals surface area contributed by atoms with Crippen molar-refractivity contribution in [3.63, 3.8) is 0 Å². The molecule has 25 heavy (non-hydrogen) atoms. The van der Waals surface area contributed by atoms with Crippen LogP contribution in [0.15, 0.2) is 30.3 Å². The van der Waals surface area contributed by atoms with E-state index in [1.165, 1.54) is 24.9 Å². The van der Waals surface area contributed by atoms with Crippen molar-refractivity contribution in [1.82, 2.24) is 9.80 Å². The molecule has 0 radical (unpaired) electrons. The topological polar surface area (TPSA) is 26.8 Å². The Morgan fingerprint density at radius 1 is 1.16 bits per heavy atom. The minimum Gasteiger partial charge on any atom is -0.371 e. The third kappa shape index (κ3) is 5.21. The van der Waals surface area contributed by atoms with Crippen molar-refractivity contribution in [1.29, 1.82) is 0 Å². The summed E-state index contributed by atoms with van der Waals surface area (Å²) in [5.41, 5.74) is 1.30. The second-order valence-electron chi connectivity index (χ2n) is 8.01. The minimum atomic E-state index is 0.302. The van der Waals surface area contributed by atoms with Crippen LogP contribution in [0, 0.1) is 11.8 Å². The van der Waals surface area contributed by atoms with Crippen LogP contribution in [0.25, 0.3) is 0 Å². The number of amides is 1. The molecule has 3 rings (SSSR count). The van der Waals surface area contributed by atoms with Gasteiger partial charge in [0.1, 0.15) is 0 Å². The summed E-state index contributed by atoms with van der Waals surface area (Å²) in [6.45, 7) is 8.61. The molecular weight excluding hydrogens is 310 g/mol. The van der Waals surface area contributed by atoms with E-state index in [0.717, 1.165) is 45.2 Å². The standard InChI is InChI=1S/C21H33N3O/c1-18-7-6-12-23(15-18)13-11-21(25)22(2)16-19-10-14-24(17-19)20-8-4-3-5-9-20/h3-5,8-9,18-19H,6-7,10-17H2,1-2H3/t18-,19-/m1/s1. The van der Waals surface area contributed by atoms with Crippen LogP contribution < -0.4 is 4.90 Å². The molecule has 4 heteroatoms. The van der Waals surface area contributed by atoms with E-state index in [-0.39, 0.29) is 0 Å². The Morgan fingerprint density at radius 2 is 1.96 bits per heavy atom. The predicted octanol–water partition coefficient (Wildman–Crippen LogP) is 3.09. The van der Waals surface area contributed by atoms with Crippen LogP contribution in [0.1, 0.15) is 32.6 Å². The van der Waals surface area contributed by atoms with Crippen LogP contribution in [0.4, 0.5) is 5.69 Å². The number of nitrogens with zero attached hydrogens (tertiary/aromatic N) is 3. The van der Waals surface area contributed by atoms with E-state index in [4.69, 9.17) is 0 Å². The lowest BCUT2D eigenvalue weighted by Crippen LogP contribution is -2.39. The van der Waals surface area contributed by atoms with E-state index in [1.807, 2.05) is 11.9 Å². The molecule has 4 nitrogen and oxygen atoms in total. The Kier molecular flexibility index (Phi) is 6.35. The maximum Gasteiger partial charge on any atom is 0.223 e. The fourth-order valence-corrected chi connectivity index (χ4v) is 4.28. The first kappa shape index (κ1) is 18.2. The first-order valence-electron chi connectivity index (χ1n) is 9.88. The lowest BCUT2D eigenvalue weighted by Gasteiger charge is -2.31. The molecule has 0 saturated carbocycles. The molecule has 0 N–H and O–H groups in total. The third-order valence-electron chi connectivity index (χ3n) is 5.75. The Morgan fingerprint density at radius 3 is 2.72 bits per heavy atom. The summed E-state index contributed by atoms with van der Waals surface area (Å²) in [7, 11) is 1.98. The maximum absolute atomic E-state index is 12.5. The number of anilines is 1. The van der Waals surface area contributed by atoms with E-state index in [2.05, 4.69) is 47.1 Å². The number of benzene rings is 1. The molecule has 0 aliphatic carbocycles. The molecule has 1 aromatic carbocycles. The number of rotatable bonds is 6. The zero-order chi connectivity index (χ0) is 17.6. The molecular formula is C21H33N3O. The SMILES string of the molecule is C[C@@H]1CCCN(CCC(=O)N(C)C[C@H]2CCN(c3ccccc3)C2)C1. The molecule has 1 amide bonds. The van der Waals surface area contributed by atoms with E-state index in [1.54, 1.807) is 0 Å². The van der Waals surface area contributed by atoms with Gasteiger partial charge in [-0.3, -0.25) is 4.79 Å². The highest BCUT2D eigenvalue weighted by Gasteiger charge is 2.25. The molecule has 2 heterocycles. The van der Waals surface area contributed by atoms with E-state index in [0.29, 0.717) is 18.2 Å². The molecule has 2 fully saturated rings. The first-order valence-corrected chi connectivity index (χ1v) is 9.88. The van der Waals surface area contributed by atoms with Gasteiger partial charge in [-0.2, -0.15) is 0 Å². The van der Waals surface area contributed by atoms with Gasteiger partial charge in [-0.25, -0.2) is 0 Å². The average molecular weight is 344 g/mol. The van der Waals surface area contributed by atoms with Gasteiger partial charge < -0.3 is 14.7 Å². The van der Waals surface area contributed by atoms with Crippen molar-refractivity contribution >= 4 is 11.6 Å². The van der Waals surface area contributed by atoms with Crippen molar-refractivity contribution in [3.8, 4) is 0 Å². The van der Waals surface area contributed by atoms with Crippen molar-refractivity contribution in [2.45, 2.75) is 32.6 Å². The Bertz CT molecular complexity index is 547. The van der Waals surface area contributed by atoms with E-state index < -0.39 is 0 Å². The highest BCUT2D eigenvalue weighted by molar-refractivity contribution is 5.76. The summed E-state index contributed by atoms with van der Waals surface area (Å²) in [4.78, 5) is 19.4. The molecule has 0 spiro atoms. The second kappa shape index (κ2) is 8.70. The van der Waals surface area contributed by atoms with Gasteiger partial charge in [-0.15, -0.1) is 0 Å². The Balaban J connectivity index is 1.40.